The van der Waals surface area contributed by atoms with Crippen LogP contribution in [0, 0.1) is 0 Å². The molecule has 1 heterocycles. The molecule has 100 valence electrons. The summed E-state index contributed by atoms with van der Waals surface area (Å²) in [4.78, 5) is 19.6. The summed E-state index contributed by atoms with van der Waals surface area (Å²) in [6, 6.07) is 13.4. The molecule has 20 heavy (non-hydrogen) atoms. The molecule has 0 atom stereocenters. The molecule has 0 saturated carbocycles. The minimum atomic E-state index is -0.136. The van der Waals surface area contributed by atoms with E-state index in [9.17, 15) is 4.79 Å². The molecule has 3 aromatic rings. The molecule has 3 rings (SSSR count). The summed E-state index contributed by atoms with van der Waals surface area (Å²) < 4.78 is 0. The Hall–Kier alpha value is -2.62. The van der Waals surface area contributed by atoms with E-state index in [1.54, 1.807) is 12.4 Å². The van der Waals surface area contributed by atoms with E-state index in [4.69, 9.17) is 0 Å². The van der Waals surface area contributed by atoms with Crippen LogP contribution in [0.4, 0.5) is 5.69 Å². The number of carbonyl (C=O) groups is 1. The van der Waals surface area contributed by atoms with Crippen molar-refractivity contribution < 1.29 is 4.79 Å². The highest BCUT2D eigenvalue weighted by atomic mass is 16.1. The second-order valence-electron chi connectivity index (χ2n) is 4.57. The van der Waals surface area contributed by atoms with Gasteiger partial charge in [-0.25, -0.2) is 4.98 Å². The van der Waals surface area contributed by atoms with Crippen molar-refractivity contribution in [2.24, 2.45) is 0 Å². The van der Waals surface area contributed by atoms with E-state index in [1.807, 2.05) is 36.4 Å². The maximum Gasteiger partial charge on any atom is 0.257 e. The average Bonchev–Trinajstić information content (AvgIpc) is 2.96. The zero-order valence-corrected chi connectivity index (χ0v) is 11.2. The fraction of sp³-hybridized carbons (Fsp3) is 0.125. The molecule has 4 heteroatoms. The Morgan fingerprint density at radius 1 is 1.20 bits per heavy atom. The number of nitrogens with zero attached hydrogens (tertiary/aromatic N) is 1. The second kappa shape index (κ2) is 5.17. The molecule has 0 aliphatic rings. The number of aromatic amines is 1. The summed E-state index contributed by atoms with van der Waals surface area (Å²) in [7, 11) is 0. The van der Waals surface area contributed by atoms with Gasteiger partial charge in [-0.1, -0.05) is 31.2 Å². The zero-order valence-electron chi connectivity index (χ0n) is 11.2. The summed E-state index contributed by atoms with van der Waals surface area (Å²) in [6.45, 7) is 2.07. The van der Waals surface area contributed by atoms with Crippen molar-refractivity contribution in [1.29, 1.82) is 0 Å². The summed E-state index contributed by atoms with van der Waals surface area (Å²) in [5.74, 6) is -0.136. The summed E-state index contributed by atoms with van der Waals surface area (Å²) in [5.41, 5.74) is 4.11. The number of nitrogens with one attached hydrogen (secondary N) is 2. The minimum absolute atomic E-state index is 0.136. The molecule has 2 aromatic carbocycles. The lowest BCUT2D eigenvalue weighted by Gasteiger charge is -2.09. The fourth-order valence-corrected chi connectivity index (χ4v) is 2.29. The van der Waals surface area contributed by atoms with Gasteiger partial charge < -0.3 is 10.3 Å². The highest BCUT2D eigenvalue weighted by molar-refractivity contribution is 6.11. The average molecular weight is 265 g/mol. The van der Waals surface area contributed by atoms with E-state index < -0.39 is 0 Å². The molecule has 0 spiro atoms. The summed E-state index contributed by atoms with van der Waals surface area (Å²) >= 11 is 0. The van der Waals surface area contributed by atoms with Crippen LogP contribution < -0.4 is 5.32 Å². The van der Waals surface area contributed by atoms with Crippen LogP contribution in [0.2, 0.25) is 0 Å². The van der Waals surface area contributed by atoms with E-state index in [2.05, 4.69) is 22.2 Å². The van der Waals surface area contributed by atoms with Gasteiger partial charge >= 0.3 is 0 Å². The van der Waals surface area contributed by atoms with Gasteiger partial charge in [0.2, 0.25) is 0 Å². The van der Waals surface area contributed by atoms with Crippen molar-refractivity contribution in [3.8, 4) is 0 Å². The molecule has 0 radical (unpaired) electrons. The Labute approximate surface area is 116 Å². The number of carbonyl (C=O) groups excluding carboxylic acids is 1. The third-order valence-electron chi connectivity index (χ3n) is 3.34. The molecule has 1 amide bonds. The monoisotopic (exact) mass is 265 g/mol. The van der Waals surface area contributed by atoms with Gasteiger partial charge in [0.15, 0.2) is 0 Å². The van der Waals surface area contributed by atoms with Crippen molar-refractivity contribution in [1.82, 2.24) is 9.97 Å². The molecular weight excluding hydrogens is 250 g/mol. The van der Waals surface area contributed by atoms with Gasteiger partial charge in [0.05, 0.1) is 17.4 Å². The lowest BCUT2D eigenvalue weighted by Crippen LogP contribution is -2.13. The Morgan fingerprint density at radius 2 is 2.05 bits per heavy atom. The molecule has 1 aromatic heterocycles. The van der Waals surface area contributed by atoms with Gasteiger partial charge in [-0.05, 0) is 30.2 Å². The van der Waals surface area contributed by atoms with Crippen LogP contribution in [0.1, 0.15) is 22.8 Å². The van der Waals surface area contributed by atoms with Crippen LogP contribution in [0.3, 0.4) is 0 Å². The molecule has 2 N–H and O–H groups in total. The van der Waals surface area contributed by atoms with Crippen molar-refractivity contribution in [2.75, 3.05) is 5.32 Å². The number of fused-ring (bicyclic) bond motifs is 1. The van der Waals surface area contributed by atoms with E-state index in [1.165, 1.54) is 0 Å². The molecule has 0 aliphatic carbocycles. The maximum absolute atomic E-state index is 12.4. The number of amides is 1. The molecule has 0 unspecified atom stereocenters. The standard InChI is InChI=1S/C16H15N3O/c1-2-11-6-3-4-8-13(11)19-16(20)12-7-5-9-14-15(12)18-10-17-14/h3-10H,2H2,1H3,(H,17,18)(H,19,20). The van der Waals surface area contributed by atoms with Gasteiger partial charge in [0.25, 0.3) is 5.91 Å². The fourth-order valence-electron chi connectivity index (χ4n) is 2.29. The normalized spacial score (nSPS) is 10.7. The Kier molecular flexibility index (Phi) is 3.21. The Bertz CT molecular complexity index is 761. The number of aromatic nitrogens is 2. The highest BCUT2D eigenvalue weighted by Gasteiger charge is 2.12. The number of imidazole rings is 1. The van der Waals surface area contributed by atoms with Crippen molar-refractivity contribution in [3.05, 3.63) is 59.9 Å². The first kappa shape index (κ1) is 12.4. The molecule has 0 bridgehead atoms. The lowest BCUT2D eigenvalue weighted by molar-refractivity contribution is 0.102. The topological polar surface area (TPSA) is 57.8 Å². The smallest absolute Gasteiger partial charge is 0.257 e. The molecular formula is C16H15N3O. The van der Waals surface area contributed by atoms with E-state index in [0.717, 1.165) is 23.2 Å². The predicted molar refractivity (Wildman–Crippen MR) is 79.9 cm³/mol. The van der Waals surface area contributed by atoms with Crippen LogP contribution in [0.15, 0.2) is 48.8 Å². The number of para-hydroxylation sites is 2. The van der Waals surface area contributed by atoms with Gasteiger partial charge in [-0.2, -0.15) is 0 Å². The van der Waals surface area contributed by atoms with Crippen LogP contribution in [-0.4, -0.2) is 15.9 Å². The van der Waals surface area contributed by atoms with E-state index in [0.29, 0.717) is 11.1 Å². The first-order valence-electron chi connectivity index (χ1n) is 6.61. The number of H-pyrrole nitrogens is 1. The quantitative estimate of drug-likeness (QED) is 0.762. The Balaban J connectivity index is 1.95. The largest absolute Gasteiger partial charge is 0.345 e. The van der Waals surface area contributed by atoms with Crippen LogP contribution in [-0.2, 0) is 6.42 Å². The zero-order chi connectivity index (χ0) is 13.9. The summed E-state index contributed by atoms with van der Waals surface area (Å²) in [5, 5.41) is 2.97. The van der Waals surface area contributed by atoms with Crippen LogP contribution in [0.25, 0.3) is 11.0 Å². The van der Waals surface area contributed by atoms with Gasteiger partial charge in [0, 0.05) is 5.69 Å². The molecule has 4 nitrogen and oxygen atoms in total. The number of benzene rings is 2. The van der Waals surface area contributed by atoms with Gasteiger partial charge in [-0.15, -0.1) is 0 Å². The van der Waals surface area contributed by atoms with E-state index in [-0.39, 0.29) is 5.91 Å². The first-order valence-corrected chi connectivity index (χ1v) is 6.61. The van der Waals surface area contributed by atoms with Gasteiger partial charge in [-0.3, -0.25) is 4.79 Å². The van der Waals surface area contributed by atoms with Crippen molar-refractivity contribution in [3.63, 3.8) is 0 Å². The third kappa shape index (κ3) is 2.16. The number of anilines is 1. The molecule has 0 aliphatic heterocycles. The predicted octanol–water partition coefficient (Wildman–Crippen LogP) is 3.38. The Morgan fingerprint density at radius 3 is 2.90 bits per heavy atom. The number of aryl methyl sites for hydroxylation is 1. The second-order valence-corrected chi connectivity index (χ2v) is 4.57. The molecule has 0 saturated heterocycles. The SMILES string of the molecule is CCc1ccccc1NC(=O)c1cccc2[nH]cnc12. The first-order chi connectivity index (χ1) is 9.79. The summed E-state index contributed by atoms with van der Waals surface area (Å²) in [6.07, 6.45) is 2.48. The highest BCUT2D eigenvalue weighted by Crippen LogP contribution is 2.19. The van der Waals surface area contributed by atoms with Crippen molar-refractivity contribution in [2.45, 2.75) is 13.3 Å². The molecule has 0 fully saturated rings. The van der Waals surface area contributed by atoms with Crippen molar-refractivity contribution >= 4 is 22.6 Å². The number of hydrogen-bond acceptors (Lipinski definition) is 2. The number of hydrogen-bond donors (Lipinski definition) is 2. The van der Waals surface area contributed by atoms with Crippen LogP contribution in [0.5, 0.6) is 0 Å². The minimum Gasteiger partial charge on any atom is -0.345 e. The number of rotatable bonds is 3. The third-order valence-corrected chi connectivity index (χ3v) is 3.34. The van der Waals surface area contributed by atoms with E-state index >= 15 is 0 Å². The maximum atomic E-state index is 12.4. The lowest BCUT2D eigenvalue weighted by atomic mass is 10.1. The van der Waals surface area contributed by atoms with Crippen LogP contribution >= 0.6 is 0 Å². The van der Waals surface area contributed by atoms with Gasteiger partial charge in [0.1, 0.15) is 5.52 Å².